The van der Waals surface area contributed by atoms with Gasteiger partial charge in [0.15, 0.2) is 11.9 Å². The number of ether oxygens (including phenoxy) is 1. The first-order valence-corrected chi connectivity index (χ1v) is 13.3. The summed E-state index contributed by atoms with van der Waals surface area (Å²) in [7, 11) is -4.24. The number of benzene rings is 1. The zero-order valence-corrected chi connectivity index (χ0v) is 20.5. The molecule has 9 nitrogen and oxygen atoms in total. The Morgan fingerprint density at radius 1 is 1.29 bits per heavy atom. The van der Waals surface area contributed by atoms with Gasteiger partial charge in [-0.3, -0.25) is 4.79 Å². The van der Waals surface area contributed by atoms with Crippen LogP contribution in [0.3, 0.4) is 0 Å². The predicted octanol–water partition coefficient (Wildman–Crippen LogP) is 2.09. The molecule has 0 saturated heterocycles. The van der Waals surface area contributed by atoms with Gasteiger partial charge >= 0.3 is 5.97 Å². The van der Waals surface area contributed by atoms with Crippen LogP contribution in [0.4, 0.5) is 5.69 Å². The molecule has 0 radical (unpaired) electrons. The maximum absolute atomic E-state index is 10.9. The topological polar surface area (TPSA) is 131 Å². The lowest BCUT2D eigenvalue weighted by molar-refractivity contribution is -0.702. The maximum Gasteiger partial charge on any atom is 0.303 e. The molecule has 0 fully saturated rings. The van der Waals surface area contributed by atoms with Gasteiger partial charge in [0.2, 0.25) is 6.29 Å². The fraction of sp³-hybridized carbons (Fsp3) is 0.440. The van der Waals surface area contributed by atoms with Crippen molar-refractivity contribution in [2.24, 2.45) is 0 Å². The molecule has 2 aliphatic heterocycles. The van der Waals surface area contributed by atoms with Gasteiger partial charge in [0.25, 0.3) is 0 Å². The fourth-order valence-corrected chi connectivity index (χ4v) is 5.19. The number of carboxylic acid groups (broad SMARTS) is 1. The molecule has 0 amide bonds. The zero-order chi connectivity index (χ0) is 25.2. The third-order valence-corrected chi connectivity index (χ3v) is 7.23. The smallest absolute Gasteiger partial charge is 0.303 e. The summed E-state index contributed by atoms with van der Waals surface area (Å²) in [6, 6.07) is 7.76. The summed E-state index contributed by atoms with van der Waals surface area (Å²) in [5, 5.41) is 19.7. The molecule has 2 aliphatic rings. The average molecular weight is 503 g/mol. The van der Waals surface area contributed by atoms with E-state index in [-0.39, 0.29) is 12.8 Å². The number of fused-ring (bicyclic) bond motifs is 2. The van der Waals surface area contributed by atoms with Gasteiger partial charge in [0.1, 0.15) is 12.3 Å². The second kappa shape index (κ2) is 10.3. The van der Waals surface area contributed by atoms with Crippen molar-refractivity contribution >= 4 is 33.4 Å². The lowest BCUT2D eigenvalue weighted by atomic mass is 9.94. The van der Waals surface area contributed by atoms with Gasteiger partial charge in [-0.15, -0.1) is 0 Å². The van der Waals surface area contributed by atoms with E-state index in [1.165, 1.54) is 5.56 Å². The molecular weight excluding hydrogens is 472 g/mol. The summed E-state index contributed by atoms with van der Waals surface area (Å²) in [5.41, 5.74) is 5.38. The van der Waals surface area contributed by atoms with Crippen molar-refractivity contribution in [3.05, 3.63) is 52.8 Å². The molecule has 0 spiro atoms. The summed E-state index contributed by atoms with van der Waals surface area (Å²) in [4.78, 5) is 13.1. The number of aromatic nitrogens is 1. The van der Waals surface area contributed by atoms with Crippen molar-refractivity contribution in [3.63, 3.8) is 0 Å². The van der Waals surface area contributed by atoms with Crippen LogP contribution < -0.4 is 14.2 Å². The highest BCUT2D eigenvalue weighted by Crippen LogP contribution is 2.40. The molecular formula is C25H30N2O7S. The Kier molecular flexibility index (Phi) is 7.44. The maximum atomic E-state index is 10.9. The van der Waals surface area contributed by atoms with Crippen molar-refractivity contribution in [1.29, 1.82) is 0 Å². The monoisotopic (exact) mass is 502 g/mol. The van der Waals surface area contributed by atoms with E-state index in [2.05, 4.69) is 11.0 Å². The summed E-state index contributed by atoms with van der Waals surface area (Å²) in [5.74, 6) is -0.614. The molecule has 1 unspecified atom stereocenters. The van der Waals surface area contributed by atoms with Crippen molar-refractivity contribution in [2.75, 3.05) is 23.7 Å². The van der Waals surface area contributed by atoms with E-state index in [0.29, 0.717) is 30.8 Å². The molecule has 1 aromatic heterocycles. The number of nitrogens with zero attached hydrogens (tertiary/aromatic N) is 2. The summed E-state index contributed by atoms with van der Waals surface area (Å²) < 4.78 is 40.3. The number of hydrogen-bond acceptors (Lipinski definition) is 7. The molecule has 0 bridgehead atoms. The second-order valence-electron chi connectivity index (χ2n) is 9.04. The van der Waals surface area contributed by atoms with Crippen LogP contribution >= 0.6 is 0 Å². The quantitative estimate of drug-likeness (QED) is 0.394. The van der Waals surface area contributed by atoms with Crippen molar-refractivity contribution in [1.82, 2.24) is 0 Å². The highest BCUT2D eigenvalue weighted by atomic mass is 32.2. The summed E-state index contributed by atoms with van der Waals surface area (Å²) in [6.45, 7) is 3.81. The Balaban J connectivity index is 1.55. The van der Waals surface area contributed by atoms with Gasteiger partial charge in [0.05, 0.1) is 10.1 Å². The van der Waals surface area contributed by atoms with Crippen molar-refractivity contribution in [2.45, 2.75) is 51.9 Å². The van der Waals surface area contributed by atoms with E-state index >= 15 is 0 Å². The second-order valence-corrected chi connectivity index (χ2v) is 10.6. The van der Waals surface area contributed by atoms with Crippen molar-refractivity contribution < 1.29 is 37.3 Å². The standard InChI is InChI=1S/C25H30N2O7S/c1-17-13-18(7-11-26(17)10-4-12-35(31,32)33)21-15-20-14-19-5-2-8-27(9-3-6-24(28)29)22(19)16-23(20)34-25(21)30/h7,11,13-16,25,30H,2-6,8-10,12H2,1H3,(H-,28,29,31,32,33). The number of hydrogen-bond donors (Lipinski definition) is 2. The van der Waals surface area contributed by atoms with Crippen LogP contribution in [0.25, 0.3) is 11.6 Å². The first-order chi connectivity index (χ1) is 16.6. The van der Waals surface area contributed by atoms with E-state index in [9.17, 15) is 22.9 Å². The van der Waals surface area contributed by atoms with Crippen LogP contribution in [0.15, 0.2) is 30.5 Å². The highest BCUT2D eigenvalue weighted by Gasteiger charge is 2.26. The van der Waals surface area contributed by atoms with E-state index in [1.807, 2.05) is 42.0 Å². The van der Waals surface area contributed by atoms with Crippen LogP contribution in [-0.2, 0) is 27.9 Å². The molecule has 0 aliphatic carbocycles. The largest absolute Gasteiger partial charge is 0.748 e. The lowest BCUT2D eigenvalue weighted by Crippen LogP contribution is -2.37. The van der Waals surface area contributed by atoms with Gasteiger partial charge in [0, 0.05) is 73.6 Å². The predicted molar refractivity (Wildman–Crippen MR) is 129 cm³/mol. The Morgan fingerprint density at radius 2 is 2.09 bits per heavy atom. The van der Waals surface area contributed by atoms with Crippen LogP contribution in [0, 0.1) is 6.92 Å². The van der Waals surface area contributed by atoms with Gasteiger partial charge < -0.3 is 24.4 Å². The third kappa shape index (κ3) is 6.19. The van der Waals surface area contributed by atoms with Crippen LogP contribution in [0.1, 0.15) is 48.1 Å². The SMILES string of the molecule is Cc1cc(C2=Cc3cc4c(cc3OC2O)N(CCCC(=O)O)CCC4)cc[n+]1CCCS(=O)(=O)[O-]. The Hall–Kier alpha value is -2.95. The minimum absolute atomic E-state index is 0.131. The Labute approximate surface area is 205 Å². The number of anilines is 1. The number of aryl methyl sites for hydroxylation is 3. The lowest BCUT2D eigenvalue weighted by Gasteiger charge is -2.33. The normalized spacial score (nSPS) is 17.3. The van der Waals surface area contributed by atoms with Crippen molar-refractivity contribution in [3.8, 4) is 5.75 Å². The van der Waals surface area contributed by atoms with E-state index in [4.69, 9.17) is 9.84 Å². The van der Waals surface area contributed by atoms with Gasteiger partial charge in [-0.05, 0) is 42.5 Å². The molecule has 1 aromatic carbocycles. The first kappa shape index (κ1) is 25.2. The third-order valence-electron chi connectivity index (χ3n) is 6.44. The number of carboxylic acids is 1. The van der Waals surface area contributed by atoms with Gasteiger partial charge in [-0.25, -0.2) is 13.0 Å². The molecule has 2 aromatic rings. The highest BCUT2D eigenvalue weighted by molar-refractivity contribution is 7.85. The molecule has 1 atom stereocenters. The van der Waals surface area contributed by atoms with Crippen LogP contribution in [-0.4, -0.2) is 54.3 Å². The van der Waals surface area contributed by atoms with Gasteiger partial charge in [-0.2, -0.15) is 0 Å². The minimum atomic E-state index is -4.24. The number of aliphatic hydroxyl groups excluding tert-OH is 1. The Bertz CT molecular complexity index is 1260. The summed E-state index contributed by atoms with van der Waals surface area (Å²) >= 11 is 0. The first-order valence-electron chi connectivity index (χ1n) is 11.7. The average Bonchev–Trinajstić information content (AvgIpc) is 2.78. The minimum Gasteiger partial charge on any atom is -0.748 e. The summed E-state index contributed by atoms with van der Waals surface area (Å²) in [6.07, 6.45) is 5.44. The molecule has 4 rings (SSSR count). The van der Waals surface area contributed by atoms with E-state index in [1.54, 1.807) is 0 Å². The van der Waals surface area contributed by atoms with E-state index < -0.39 is 28.1 Å². The zero-order valence-electron chi connectivity index (χ0n) is 19.6. The number of aliphatic carboxylic acids is 1. The van der Waals surface area contributed by atoms with Crippen LogP contribution in [0.2, 0.25) is 0 Å². The number of aliphatic hydroxyl groups is 1. The molecule has 0 saturated carbocycles. The number of rotatable bonds is 9. The Morgan fingerprint density at radius 3 is 2.80 bits per heavy atom. The molecule has 188 valence electrons. The molecule has 2 N–H and O–H groups in total. The number of carbonyl (C=O) groups is 1. The molecule has 3 heterocycles. The molecule has 35 heavy (non-hydrogen) atoms. The fourth-order valence-electron chi connectivity index (χ4n) is 4.71. The van der Waals surface area contributed by atoms with E-state index in [0.717, 1.165) is 41.9 Å². The van der Waals surface area contributed by atoms with Gasteiger partial charge in [-0.1, -0.05) is 0 Å². The molecule has 10 heteroatoms. The van der Waals surface area contributed by atoms with Crippen LogP contribution in [0.5, 0.6) is 5.75 Å². The number of pyridine rings is 1.